The number of aromatic nitrogens is 2. The third-order valence-electron chi connectivity index (χ3n) is 2.38. The Hall–Kier alpha value is -0.840. The first-order valence-electron chi connectivity index (χ1n) is 5.23. The molecule has 1 heterocycles. The van der Waals surface area contributed by atoms with Crippen molar-refractivity contribution in [1.29, 1.82) is 0 Å². The van der Waals surface area contributed by atoms with Crippen molar-refractivity contribution < 1.29 is 0 Å². The number of hydrogen-bond acceptors (Lipinski definition) is 3. The maximum absolute atomic E-state index is 5.97. The summed E-state index contributed by atoms with van der Waals surface area (Å²) in [7, 11) is 1.82. The second-order valence-corrected chi connectivity index (χ2v) is 5.33. The highest BCUT2D eigenvalue weighted by Gasteiger charge is 2.06. The van der Waals surface area contributed by atoms with Gasteiger partial charge < -0.3 is 5.32 Å². The Morgan fingerprint density at radius 3 is 2.72 bits per heavy atom. The summed E-state index contributed by atoms with van der Waals surface area (Å²) >= 11 is 15.2. The molecule has 94 valence electrons. The summed E-state index contributed by atoms with van der Waals surface area (Å²) in [4.78, 5) is 8.65. The van der Waals surface area contributed by atoms with Crippen molar-refractivity contribution in [3.05, 3.63) is 50.3 Å². The van der Waals surface area contributed by atoms with Crippen molar-refractivity contribution in [2.24, 2.45) is 0 Å². The van der Waals surface area contributed by atoms with E-state index in [1.165, 1.54) is 0 Å². The summed E-state index contributed by atoms with van der Waals surface area (Å²) in [5, 5.41) is 4.09. The molecule has 0 saturated carbocycles. The number of anilines is 1. The van der Waals surface area contributed by atoms with Gasteiger partial charge in [-0.2, -0.15) is 0 Å². The molecule has 1 aromatic carbocycles. The zero-order chi connectivity index (χ0) is 13.1. The third-order valence-corrected chi connectivity index (χ3v) is 3.70. The van der Waals surface area contributed by atoms with Gasteiger partial charge in [0.05, 0.1) is 14.5 Å². The predicted molar refractivity (Wildman–Crippen MR) is 78.5 cm³/mol. The summed E-state index contributed by atoms with van der Waals surface area (Å²) in [5.41, 5.74) is 1.02. The van der Waals surface area contributed by atoms with Crippen molar-refractivity contribution >= 4 is 44.9 Å². The fourth-order valence-corrected chi connectivity index (χ4v) is 2.21. The van der Waals surface area contributed by atoms with E-state index in [1.807, 2.05) is 19.2 Å². The van der Waals surface area contributed by atoms with Crippen LogP contribution in [0.5, 0.6) is 0 Å². The van der Waals surface area contributed by atoms with E-state index in [1.54, 1.807) is 12.3 Å². The van der Waals surface area contributed by atoms with Gasteiger partial charge in [0.2, 0.25) is 0 Å². The average molecular weight is 347 g/mol. The first-order chi connectivity index (χ1) is 8.60. The van der Waals surface area contributed by atoms with Crippen LogP contribution in [0.4, 0.5) is 5.82 Å². The number of benzene rings is 1. The van der Waals surface area contributed by atoms with Crippen LogP contribution in [0.2, 0.25) is 10.0 Å². The molecular weight excluding hydrogens is 337 g/mol. The minimum atomic E-state index is 0.542. The molecule has 0 radical (unpaired) electrons. The van der Waals surface area contributed by atoms with E-state index in [0.29, 0.717) is 16.5 Å². The molecule has 0 bridgehead atoms. The van der Waals surface area contributed by atoms with E-state index in [9.17, 15) is 0 Å². The molecule has 0 aliphatic heterocycles. The largest absolute Gasteiger partial charge is 0.372 e. The average Bonchev–Trinajstić information content (AvgIpc) is 2.36. The van der Waals surface area contributed by atoms with Crippen molar-refractivity contribution in [2.75, 3.05) is 12.4 Å². The summed E-state index contributed by atoms with van der Waals surface area (Å²) in [6.45, 7) is 0. The van der Waals surface area contributed by atoms with Gasteiger partial charge in [0, 0.05) is 19.7 Å². The van der Waals surface area contributed by atoms with Crippen LogP contribution in [0.15, 0.2) is 28.9 Å². The molecule has 0 fully saturated rings. The number of halogens is 3. The fraction of sp³-hybridized carbons (Fsp3) is 0.167. The molecule has 1 N–H and O–H groups in total. The highest BCUT2D eigenvalue weighted by Crippen LogP contribution is 2.24. The lowest BCUT2D eigenvalue weighted by Crippen LogP contribution is -2.01. The number of nitrogens with one attached hydrogen (secondary N) is 1. The Labute approximate surface area is 124 Å². The molecule has 3 nitrogen and oxygen atoms in total. The Bertz CT molecular complexity index is 575. The lowest BCUT2D eigenvalue weighted by Gasteiger charge is -2.06. The van der Waals surface area contributed by atoms with Gasteiger partial charge in [-0.25, -0.2) is 9.97 Å². The molecule has 0 amide bonds. The highest BCUT2D eigenvalue weighted by atomic mass is 79.9. The SMILES string of the molecule is CNc1nc(Cc2ccc(Cl)c(Cl)c2)ncc1Br. The smallest absolute Gasteiger partial charge is 0.143 e. The van der Waals surface area contributed by atoms with E-state index < -0.39 is 0 Å². The molecule has 0 atom stereocenters. The van der Waals surface area contributed by atoms with Gasteiger partial charge in [-0.1, -0.05) is 29.3 Å². The molecule has 0 aliphatic rings. The number of hydrogen-bond donors (Lipinski definition) is 1. The van der Waals surface area contributed by atoms with Gasteiger partial charge in [-0.3, -0.25) is 0 Å². The lowest BCUT2D eigenvalue weighted by molar-refractivity contribution is 0.963. The number of nitrogens with zero attached hydrogens (tertiary/aromatic N) is 2. The van der Waals surface area contributed by atoms with Crippen molar-refractivity contribution in [3.63, 3.8) is 0 Å². The van der Waals surface area contributed by atoms with Crippen LogP contribution in [0.25, 0.3) is 0 Å². The van der Waals surface area contributed by atoms with Crippen molar-refractivity contribution in [3.8, 4) is 0 Å². The molecule has 2 rings (SSSR count). The maximum Gasteiger partial charge on any atom is 0.143 e. The van der Waals surface area contributed by atoms with Gasteiger partial charge in [-0.15, -0.1) is 0 Å². The van der Waals surface area contributed by atoms with Crippen LogP contribution >= 0.6 is 39.1 Å². The molecule has 18 heavy (non-hydrogen) atoms. The molecular formula is C12H10BrCl2N3. The van der Waals surface area contributed by atoms with Gasteiger partial charge >= 0.3 is 0 Å². The van der Waals surface area contributed by atoms with Crippen molar-refractivity contribution in [1.82, 2.24) is 9.97 Å². The van der Waals surface area contributed by atoms with Crippen LogP contribution in [-0.4, -0.2) is 17.0 Å². The normalized spacial score (nSPS) is 10.4. The predicted octanol–water partition coefficient (Wildman–Crippen LogP) is 4.18. The van der Waals surface area contributed by atoms with E-state index in [4.69, 9.17) is 23.2 Å². The van der Waals surface area contributed by atoms with Crippen LogP contribution in [0.1, 0.15) is 11.4 Å². The molecule has 0 aliphatic carbocycles. The maximum atomic E-state index is 5.97. The topological polar surface area (TPSA) is 37.8 Å². The monoisotopic (exact) mass is 345 g/mol. The Morgan fingerprint density at radius 2 is 2.06 bits per heavy atom. The Kier molecular flexibility index (Phi) is 4.43. The Balaban J connectivity index is 2.25. The second kappa shape index (κ2) is 5.87. The first kappa shape index (κ1) is 13.6. The summed E-state index contributed by atoms with van der Waals surface area (Å²) in [5.74, 6) is 1.49. The molecule has 6 heteroatoms. The third kappa shape index (κ3) is 3.13. The van der Waals surface area contributed by atoms with E-state index in [0.717, 1.165) is 21.7 Å². The van der Waals surface area contributed by atoms with Gasteiger partial charge in [-0.05, 0) is 33.6 Å². The van der Waals surface area contributed by atoms with Crippen LogP contribution in [-0.2, 0) is 6.42 Å². The van der Waals surface area contributed by atoms with Crippen LogP contribution < -0.4 is 5.32 Å². The van der Waals surface area contributed by atoms with Crippen molar-refractivity contribution in [2.45, 2.75) is 6.42 Å². The summed E-state index contributed by atoms with van der Waals surface area (Å²) in [6, 6.07) is 5.52. The van der Waals surface area contributed by atoms with Crippen LogP contribution in [0, 0.1) is 0 Å². The van der Waals surface area contributed by atoms with Gasteiger partial charge in [0.15, 0.2) is 0 Å². The highest BCUT2D eigenvalue weighted by molar-refractivity contribution is 9.10. The van der Waals surface area contributed by atoms with E-state index in [-0.39, 0.29) is 0 Å². The molecule has 0 spiro atoms. The summed E-state index contributed by atoms with van der Waals surface area (Å²) in [6.07, 6.45) is 2.34. The second-order valence-electron chi connectivity index (χ2n) is 3.66. The van der Waals surface area contributed by atoms with Crippen LogP contribution in [0.3, 0.4) is 0 Å². The minimum absolute atomic E-state index is 0.542. The lowest BCUT2D eigenvalue weighted by atomic mass is 10.1. The Morgan fingerprint density at radius 1 is 1.28 bits per heavy atom. The molecule has 0 unspecified atom stereocenters. The summed E-state index contributed by atoms with van der Waals surface area (Å²) < 4.78 is 0.836. The standard InChI is InChI=1S/C12H10BrCl2N3/c1-16-12-8(13)6-17-11(18-12)5-7-2-3-9(14)10(15)4-7/h2-4,6H,5H2,1H3,(H,16,17,18). The molecule has 0 saturated heterocycles. The number of rotatable bonds is 3. The first-order valence-corrected chi connectivity index (χ1v) is 6.78. The molecule has 2 aromatic rings. The van der Waals surface area contributed by atoms with Gasteiger partial charge in [0.1, 0.15) is 11.6 Å². The quantitative estimate of drug-likeness (QED) is 0.905. The fourth-order valence-electron chi connectivity index (χ4n) is 1.50. The van der Waals surface area contributed by atoms with E-state index >= 15 is 0 Å². The zero-order valence-corrected chi connectivity index (χ0v) is 12.6. The van der Waals surface area contributed by atoms with E-state index in [2.05, 4.69) is 31.2 Å². The molecule has 1 aromatic heterocycles. The zero-order valence-electron chi connectivity index (χ0n) is 9.54. The van der Waals surface area contributed by atoms with Gasteiger partial charge in [0.25, 0.3) is 0 Å². The minimum Gasteiger partial charge on any atom is -0.372 e.